The third kappa shape index (κ3) is 12.0. The second-order valence-corrected chi connectivity index (χ2v) is 17.7. The van der Waals surface area contributed by atoms with E-state index in [2.05, 4.69) is 16.0 Å². The fourth-order valence-electron chi connectivity index (χ4n) is 9.14. The Morgan fingerprint density at radius 2 is 1.60 bits per heavy atom. The number of carbonyl (C=O) groups is 6. The molecule has 1 fully saturated rings. The van der Waals surface area contributed by atoms with Crippen LogP contribution >= 0.6 is 0 Å². The zero-order valence-electron chi connectivity index (χ0n) is 38.3. The lowest BCUT2D eigenvalue weighted by Gasteiger charge is -2.30. The number of ether oxygens (including phenoxy) is 3. The van der Waals surface area contributed by atoms with Crippen LogP contribution in [0.15, 0.2) is 65.5 Å². The molecule has 0 bridgehead atoms. The van der Waals surface area contributed by atoms with Crippen molar-refractivity contribution < 1.29 is 43.0 Å². The van der Waals surface area contributed by atoms with Crippen LogP contribution in [0.3, 0.4) is 0 Å². The number of aromatic nitrogens is 2. The quantitative estimate of drug-likeness (QED) is 0.0531. The van der Waals surface area contributed by atoms with Gasteiger partial charge in [0.15, 0.2) is 0 Å². The Morgan fingerprint density at radius 3 is 2.37 bits per heavy atom. The van der Waals surface area contributed by atoms with E-state index >= 15 is 0 Å². The van der Waals surface area contributed by atoms with Crippen molar-refractivity contribution >= 4 is 52.2 Å². The van der Waals surface area contributed by atoms with E-state index in [9.17, 15) is 33.6 Å². The van der Waals surface area contributed by atoms with Crippen LogP contribution in [0.1, 0.15) is 85.7 Å². The Morgan fingerprint density at radius 1 is 0.866 bits per heavy atom. The normalized spacial score (nSPS) is 18.9. The van der Waals surface area contributed by atoms with Gasteiger partial charge in [0.05, 0.1) is 54.7 Å². The number of carbonyl (C=O) groups excluding carboxylic acids is 6. The zero-order chi connectivity index (χ0) is 47.6. The lowest BCUT2D eigenvalue weighted by atomic mass is 10.0. The molecule has 7 rings (SSSR count). The summed E-state index contributed by atoms with van der Waals surface area (Å²) in [5.74, 6) is -2.07. The van der Waals surface area contributed by atoms with E-state index in [1.165, 1.54) is 9.13 Å². The van der Waals surface area contributed by atoms with Gasteiger partial charge in [0.2, 0.25) is 35.4 Å². The topological polar surface area (TPSA) is 248 Å². The molecular formula is C49H62N8O10. The third-order valence-electron chi connectivity index (χ3n) is 12.9. The molecular weight excluding hydrogens is 861 g/mol. The number of aryl methyl sites for hydroxylation is 4. The van der Waals surface area contributed by atoms with Gasteiger partial charge in [0.25, 0.3) is 0 Å². The van der Waals surface area contributed by atoms with Gasteiger partial charge in [-0.1, -0.05) is 48.5 Å². The smallest absolute Gasteiger partial charge is 0.329 e. The first-order valence-corrected chi connectivity index (χ1v) is 23.2. The van der Waals surface area contributed by atoms with Crippen molar-refractivity contribution in [2.75, 3.05) is 37.9 Å². The van der Waals surface area contributed by atoms with E-state index in [0.717, 1.165) is 59.2 Å². The Hall–Kier alpha value is -6.21. The number of nitrogens with one attached hydrogen (secondary N) is 3. The van der Waals surface area contributed by atoms with Crippen LogP contribution in [0.4, 0.5) is 5.69 Å². The van der Waals surface area contributed by atoms with Gasteiger partial charge in [-0.05, 0) is 98.2 Å². The molecule has 6 amide bonds. The van der Waals surface area contributed by atoms with Crippen molar-refractivity contribution in [3.8, 4) is 0 Å². The Labute approximate surface area is 389 Å². The summed E-state index contributed by atoms with van der Waals surface area (Å²) in [6.45, 7) is 3.66. The number of primary amides is 1. The minimum Gasteiger partial charge on any atom is -0.379 e. The molecule has 0 aliphatic carbocycles. The summed E-state index contributed by atoms with van der Waals surface area (Å²) < 4.78 is 20.4. The van der Waals surface area contributed by atoms with Crippen molar-refractivity contribution in [1.82, 2.24) is 25.1 Å². The molecule has 5 atom stereocenters. The van der Waals surface area contributed by atoms with Crippen molar-refractivity contribution in [3.63, 3.8) is 0 Å². The lowest BCUT2D eigenvalue weighted by molar-refractivity contribution is -0.136. The number of para-hydroxylation sites is 1. The van der Waals surface area contributed by atoms with Crippen molar-refractivity contribution in [3.05, 3.63) is 99.0 Å². The molecule has 358 valence electrons. The van der Waals surface area contributed by atoms with Crippen molar-refractivity contribution in [2.24, 2.45) is 18.5 Å². The van der Waals surface area contributed by atoms with E-state index in [1.807, 2.05) is 67.6 Å². The molecule has 3 aliphatic heterocycles. The fourth-order valence-corrected chi connectivity index (χ4v) is 9.14. The van der Waals surface area contributed by atoms with Crippen LogP contribution in [0, 0.1) is 0 Å². The number of imidazole rings is 1. The predicted octanol–water partition coefficient (Wildman–Crippen LogP) is 1.92. The highest BCUT2D eigenvalue weighted by Crippen LogP contribution is 2.39. The van der Waals surface area contributed by atoms with Gasteiger partial charge in [0, 0.05) is 39.5 Å². The average molecular weight is 923 g/mol. The summed E-state index contributed by atoms with van der Waals surface area (Å²) in [4.78, 5) is 90.0. The maximum atomic E-state index is 13.8. The Kier molecular flexibility index (Phi) is 16.4. The van der Waals surface area contributed by atoms with Gasteiger partial charge in [-0.15, -0.1) is 0 Å². The zero-order valence-corrected chi connectivity index (χ0v) is 38.3. The molecule has 18 nitrogen and oxygen atoms in total. The van der Waals surface area contributed by atoms with Gasteiger partial charge in [-0.25, -0.2) is 4.79 Å². The number of hydrogen-bond acceptors (Lipinski definition) is 11. The Balaban J connectivity index is 0.759. The molecule has 67 heavy (non-hydrogen) atoms. The molecule has 0 radical (unpaired) electrons. The second-order valence-electron chi connectivity index (χ2n) is 17.7. The maximum Gasteiger partial charge on any atom is 0.329 e. The number of piperidine rings is 1. The molecule has 7 N–H and O–H groups in total. The van der Waals surface area contributed by atoms with E-state index in [4.69, 9.17) is 25.7 Å². The molecule has 0 saturated carbocycles. The predicted molar refractivity (Wildman–Crippen MR) is 249 cm³/mol. The minimum atomic E-state index is -0.756. The van der Waals surface area contributed by atoms with Crippen LogP contribution in [0.2, 0.25) is 0 Å². The van der Waals surface area contributed by atoms with Crippen LogP contribution in [-0.4, -0.2) is 102 Å². The first-order chi connectivity index (χ1) is 32.3. The van der Waals surface area contributed by atoms with Crippen molar-refractivity contribution in [1.29, 1.82) is 0 Å². The molecule has 1 aromatic heterocycles. The van der Waals surface area contributed by atoms with E-state index in [-0.39, 0.29) is 74.8 Å². The van der Waals surface area contributed by atoms with E-state index in [1.54, 1.807) is 11.9 Å². The van der Waals surface area contributed by atoms with Crippen LogP contribution in [0.5, 0.6) is 0 Å². The number of nitrogens with zero attached hydrogens (tertiary/aromatic N) is 3. The van der Waals surface area contributed by atoms with Crippen LogP contribution in [-0.2, 0) is 82.3 Å². The van der Waals surface area contributed by atoms with Crippen LogP contribution in [0.25, 0.3) is 11.0 Å². The summed E-state index contributed by atoms with van der Waals surface area (Å²) in [7, 11) is 1.67. The first-order valence-electron chi connectivity index (χ1n) is 23.2. The lowest BCUT2D eigenvalue weighted by Crippen LogP contribution is -2.55. The molecule has 4 aromatic rings. The summed E-state index contributed by atoms with van der Waals surface area (Å²) in [6, 6.07) is 16.9. The highest BCUT2D eigenvalue weighted by Gasteiger charge is 2.43. The number of rotatable bonds is 23. The van der Waals surface area contributed by atoms with Crippen LogP contribution < -0.4 is 38.0 Å². The van der Waals surface area contributed by atoms with Gasteiger partial charge in [-0.2, -0.15) is 0 Å². The highest BCUT2D eigenvalue weighted by molar-refractivity contribution is 6.07. The second kappa shape index (κ2) is 22.5. The largest absolute Gasteiger partial charge is 0.379 e. The minimum absolute atomic E-state index is 0.0579. The molecule has 1 unspecified atom stereocenters. The highest BCUT2D eigenvalue weighted by atomic mass is 16.5. The number of imide groups is 1. The molecule has 3 aliphatic rings. The number of amides is 6. The number of anilines is 1. The fraction of sp³-hybridized carbons (Fsp3) is 0.490. The number of nitrogens with two attached hydrogens (primary N) is 2. The molecule has 3 aromatic carbocycles. The number of benzene rings is 3. The van der Waals surface area contributed by atoms with Gasteiger partial charge in [-0.3, -0.25) is 48.1 Å². The third-order valence-corrected chi connectivity index (χ3v) is 12.9. The maximum absolute atomic E-state index is 13.8. The molecule has 18 heteroatoms. The van der Waals surface area contributed by atoms with E-state index < -0.39 is 42.1 Å². The SMILES string of the molecule is C[C@@H](OCc1ccc(CCCNC(=O)COCCOCCCc2ccc3c(c2)n(C)c(=O)n3C2CCC(=O)NC2=O)cc1)[C@H](CCC(N)=O)NC(=O)[C@@H]1Cc2cccc3c2N1C(=O)[C@@H](N)CC3. The number of fused-ring (bicyclic) bond motifs is 1. The molecule has 1 saturated heterocycles. The molecule has 0 spiro atoms. The summed E-state index contributed by atoms with van der Waals surface area (Å²) >= 11 is 0. The monoisotopic (exact) mass is 922 g/mol. The average Bonchev–Trinajstić information content (AvgIpc) is 3.78. The standard InChI is InChI=1S/C49H62N8O10/c1-30(37(17-20-42(51)58)53-47(62)41-27-35-9-3-8-34-15-16-36(50)48(63)57(41)45(34)35)67-28-33-12-10-31(11-13-33)6-4-22-52-44(60)29-66-25-24-65-23-5-7-32-14-18-38-40(26-32)55(2)49(64)56(38)39-19-21-43(59)54-46(39)61/h3,8-14,18,26,30,36-37,39,41H,4-7,15-17,19-25,27-29,50H2,1-2H3,(H2,51,58)(H,52,60)(H,53,62)(H,54,59,61)/t30-,36+,37+,39?,41+/m1/s1. The summed E-state index contributed by atoms with van der Waals surface area (Å²) in [6.07, 6.45) is 4.83. The Bertz CT molecular complexity index is 2520. The van der Waals surface area contributed by atoms with Crippen molar-refractivity contribution in [2.45, 2.75) is 114 Å². The number of hydrogen-bond donors (Lipinski definition) is 5. The molecule has 4 heterocycles. The first kappa shape index (κ1) is 48.7. The van der Waals surface area contributed by atoms with Gasteiger partial charge >= 0.3 is 5.69 Å². The van der Waals surface area contributed by atoms with Gasteiger partial charge in [0.1, 0.15) is 18.7 Å². The summed E-state index contributed by atoms with van der Waals surface area (Å²) in [5, 5.41) is 8.28. The van der Waals surface area contributed by atoms with E-state index in [0.29, 0.717) is 50.1 Å². The summed E-state index contributed by atoms with van der Waals surface area (Å²) in [5.41, 5.74) is 18.6. The van der Waals surface area contributed by atoms with Gasteiger partial charge < -0.3 is 36.3 Å².